The van der Waals surface area contributed by atoms with Gasteiger partial charge in [-0.3, -0.25) is 4.79 Å². The Morgan fingerprint density at radius 3 is 2.48 bits per heavy atom. The predicted octanol–water partition coefficient (Wildman–Crippen LogP) is 1.96. The molecular weight excluding hydrogens is 324 g/mol. The average Bonchev–Trinajstić information content (AvgIpc) is 2.67. The van der Waals surface area contributed by atoms with Crippen molar-refractivity contribution >= 4 is 17.4 Å². The van der Waals surface area contributed by atoms with Gasteiger partial charge in [-0.15, -0.1) is 0 Å². The smallest absolute Gasteiger partial charge is 0.363 e. The highest BCUT2D eigenvalue weighted by Crippen LogP contribution is 2.22. The number of rotatable bonds is 4. The molecule has 1 aromatic heterocycles. The highest BCUT2D eigenvalue weighted by molar-refractivity contribution is 5.97. The van der Waals surface area contributed by atoms with Gasteiger partial charge < -0.3 is 24.7 Å². The lowest BCUT2D eigenvalue weighted by molar-refractivity contribution is -0.389. The summed E-state index contributed by atoms with van der Waals surface area (Å²) < 4.78 is 5.26. The number of piperazine rings is 1. The number of nitro groups is 1. The number of amides is 1. The summed E-state index contributed by atoms with van der Waals surface area (Å²) in [5.74, 6) is 0.335. The van der Waals surface area contributed by atoms with Gasteiger partial charge in [0, 0.05) is 32.2 Å². The van der Waals surface area contributed by atoms with E-state index in [2.05, 4.69) is 9.88 Å². The van der Waals surface area contributed by atoms with E-state index in [1.165, 1.54) is 12.3 Å². The highest BCUT2D eigenvalue weighted by atomic mass is 16.6. The Balaban J connectivity index is 1.65. The molecule has 1 fully saturated rings. The summed E-state index contributed by atoms with van der Waals surface area (Å²) in [4.78, 5) is 30.5. The molecule has 3 rings (SSSR count). The number of anilines is 1. The number of hydrogen-bond acceptors (Lipinski definition) is 6. The lowest BCUT2D eigenvalue weighted by Crippen LogP contribution is -2.48. The van der Waals surface area contributed by atoms with Gasteiger partial charge in [-0.05, 0) is 28.1 Å². The van der Waals surface area contributed by atoms with Crippen molar-refractivity contribution in [2.45, 2.75) is 0 Å². The number of para-hydroxylation sites is 1. The zero-order valence-electron chi connectivity index (χ0n) is 13.8. The highest BCUT2D eigenvalue weighted by Gasteiger charge is 2.25. The summed E-state index contributed by atoms with van der Waals surface area (Å²) in [7, 11) is 1.55. The molecule has 25 heavy (non-hydrogen) atoms. The zero-order chi connectivity index (χ0) is 17.8. The average molecular weight is 342 g/mol. The maximum absolute atomic E-state index is 12.7. The second-order valence-corrected chi connectivity index (χ2v) is 5.61. The summed E-state index contributed by atoms with van der Waals surface area (Å²) >= 11 is 0. The Bertz CT molecular complexity index is 770. The SMILES string of the molecule is COc1ccccc1C(=O)N1CCN(c2ccc([N+](=O)[O-])nc2)CC1. The first-order valence-electron chi connectivity index (χ1n) is 7.88. The van der Waals surface area contributed by atoms with E-state index in [4.69, 9.17) is 4.74 Å². The van der Waals surface area contributed by atoms with Crippen LogP contribution in [0.1, 0.15) is 10.4 Å². The molecule has 0 atom stereocenters. The number of carbonyl (C=O) groups excluding carboxylic acids is 1. The van der Waals surface area contributed by atoms with Gasteiger partial charge in [-0.2, -0.15) is 0 Å². The van der Waals surface area contributed by atoms with E-state index in [0.29, 0.717) is 37.5 Å². The predicted molar refractivity (Wildman–Crippen MR) is 92.0 cm³/mol. The van der Waals surface area contributed by atoms with Gasteiger partial charge in [0.05, 0.1) is 18.4 Å². The molecule has 0 N–H and O–H groups in total. The third kappa shape index (κ3) is 3.52. The molecule has 1 saturated heterocycles. The fourth-order valence-electron chi connectivity index (χ4n) is 2.83. The van der Waals surface area contributed by atoms with Crippen LogP contribution in [0.25, 0.3) is 0 Å². The van der Waals surface area contributed by atoms with Gasteiger partial charge in [-0.25, -0.2) is 0 Å². The molecule has 0 aliphatic carbocycles. The Hall–Kier alpha value is -3.16. The maximum atomic E-state index is 12.7. The first-order valence-corrected chi connectivity index (χ1v) is 7.88. The van der Waals surface area contributed by atoms with Crippen molar-refractivity contribution in [1.29, 1.82) is 0 Å². The van der Waals surface area contributed by atoms with Crippen LogP contribution in [0.5, 0.6) is 5.75 Å². The van der Waals surface area contributed by atoms with Crippen LogP contribution in [0.15, 0.2) is 42.6 Å². The molecule has 2 heterocycles. The molecule has 0 saturated carbocycles. The minimum Gasteiger partial charge on any atom is -0.496 e. The first-order chi connectivity index (χ1) is 12.1. The molecule has 0 radical (unpaired) electrons. The van der Waals surface area contributed by atoms with Crippen molar-refractivity contribution in [3.05, 3.63) is 58.3 Å². The Labute approximate surface area is 144 Å². The minimum atomic E-state index is -0.520. The van der Waals surface area contributed by atoms with Crippen LogP contribution in [0.2, 0.25) is 0 Å². The van der Waals surface area contributed by atoms with Gasteiger partial charge >= 0.3 is 5.82 Å². The largest absolute Gasteiger partial charge is 0.496 e. The van der Waals surface area contributed by atoms with Crippen LogP contribution in [0, 0.1) is 10.1 Å². The van der Waals surface area contributed by atoms with E-state index >= 15 is 0 Å². The number of benzene rings is 1. The van der Waals surface area contributed by atoms with Crippen LogP contribution in [0.3, 0.4) is 0 Å². The van der Waals surface area contributed by atoms with Gasteiger partial charge in [0.25, 0.3) is 5.91 Å². The molecule has 1 aromatic carbocycles. The van der Waals surface area contributed by atoms with Crippen molar-refractivity contribution in [2.75, 3.05) is 38.2 Å². The van der Waals surface area contributed by atoms with Crippen LogP contribution in [0.4, 0.5) is 11.5 Å². The summed E-state index contributed by atoms with van der Waals surface area (Å²) in [6.07, 6.45) is 1.50. The lowest BCUT2D eigenvalue weighted by Gasteiger charge is -2.35. The zero-order valence-corrected chi connectivity index (χ0v) is 13.8. The van der Waals surface area contributed by atoms with Crippen LogP contribution in [-0.2, 0) is 0 Å². The fourth-order valence-corrected chi connectivity index (χ4v) is 2.83. The number of ether oxygens (including phenoxy) is 1. The molecule has 2 aromatic rings. The van der Waals surface area contributed by atoms with Crippen LogP contribution < -0.4 is 9.64 Å². The molecule has 0 unspecified atom stereocenters. The van der Waals surface area contributed by atoms with Gasteiger partial charge in [-0.1, -0.05) is 12.1 Å². The van der Waals surface area contributed by atoms with E-state index in [9.17, 15) is 14.9 Å². The summed E-state index contributed by atoms with van der Waals surface area (Å²) in [6, 6.07) is 10.2. The number of pyridine rings is 1. The molecule has 0 spiro atoms. The Morgan fingerprint density at radius 2 is 1.88 bits per heavy atom. The number of carbonyl (C=O) groups is 1. The molecule has 0 bridgehead atoms. The normalized spacial score (nSPS) is 14.3. The van der Waals surface area contributed by atoms with Crippen molar-refractivity contribution in [1.82, 2.24) is 9.88 Å². The van der Waals surface area contributed by atoms with Crippen molar-refractivity contribution in [2.24, 2.45) is 0 Å². The molecule has 8 heteroatoms. The Kier molecular flexibility index (Phi) is 4.78. The maximum Gasteiger partial charge on any atom is 0.363 e. The molecule has 1 amide bonds. The lowest BCUT2D eigenvalue weighted by atomic mass is 10.1. The standard InChI is InChI=1S/C17H18N4O4/c1-25-15-5-3-2-4-14(15)17(22)20-10-8-19(9-11-20)13-6-7-16(18-12-13)21(23)24/h2-7,12H,8-11H2,1H3. The summed E-state index contributed by atoms with van der Waals surface area (Å²) in [5.41, 5.74) is 1.37. The molecule has 8 nitrogen and oxygen atoms in total. The van der Waals surface area contributed by atoms with Gasteiger partial charge in [0.2, 0.25) is 0 Å². The monoisotopic (exact) mass is 342 g/mol. The summed E-state index contributed by atoms with van der Waals surface area (Å²) in [6.45, 7) is 2.41. The van der Waals surface area contributed by atoms with E-state index in [1.807, 2.05) is 12.1 Å². The third-order valence-corrected chi connectivity index (χ3v) is 4.19. The van der Waals surface area contributed by atoms with Gasteiger partial charge in [0.15, 0.2) is 6.20 Å². The minimum absolute atomic E-state index is 0.0566. The van der Waals surface area contributed by atoms with Crippen LogP contribution in [-0.4, -0.2) is 54.0 Å². The van der Waals surface area contributed by atoms with E-state index in [0.717, 1.165) is 5.69 Å². The topological polar surface area (TPSA) is 88.8 Å². The Morgan fingerprint density at radius 1 is 1.16 bits per heavy atom. The second kappa shape index (κ2) is 7.16. The second-order valence-electron chi connectivity index (χ2n) is 5.61. The van der Waals surface area contributed by atoms with Crippen molar-refractivity contribution < 1.29 is 14.5 Å². The molecule has 1 aliphatic rings. The molecule has 130 valence electrons. The third-order valence-electron chi connectivity index (χ3n) is 4.19. The molecular formula is C17H18N4O4. The quantitative estimate of drug-likeness (QED) is 0.623. The van der Waals surface area contributed by atoms with Gasteiger partial charge in [0.1, 0.15) is 5.75 Å². The first kappa shape index (κ1) is 16.7. The molecule has 1 aliphatic heterocycles. The number of nitrogens with zero attached hydrogens (tertiary/aromatic N) is 4. The van der Waals surface area contributed by atoms with E-state index in [1.54, 1.807) is 30.2 Å². The number of aromatic nitrogens is 1. The van der Waals surface area contributed by atoms with Crippen LogP contribution >= 0.6 is 0 Å². The fraction of sp³-hybridized carbons (Fsp3) is 0.294. The van der Waals surface area contributed by atoms with Crippen molar-refractivity contribution in [3.8, 4) is 5.75 Å². The number of hydrogen-bond donors (Lipinski definition) is 0. The van der Waals surface area contributed by atoms with Crippen molar-refractivity contribution in [3.63, 3.8) is 0 Å². The summed E-state index contributed by atoms with van der Waals surface area (Å²) in [5, 5.41) is 10.7. The number of methoxy groups -OCH3 is 1. The van der Waals surface area contributed by atoms with E-state index in [-0.39, 0.29) is 11.7 Å². The van der Waals surface area contributed by atoms with E-state index < -0.39 is 4.92 Å².